The average molecular weight is 308 g/mol. The van der Waals surface area contributed by atoms with Crippen molar-refractivity contribution in [3.63, 3.8) is 0 Å². The minimum Gasteiger partial charge on any atom is -0.455 e. The van der Waals surface area contributed by atoms with Crippen molar-refractivity contribution in [2.45, 2.75) is 26.4 Å². The third kappa shape index (κ3) is 2.70. The Balaban J connectivity index is 2.90. The Morgan fingerprint density at radius 1 is 1.57 bits per heavy atom. The second kappa shape index (κ2) is 3.88. The Bertz CT molecular complexity index is 333. The zero-order chi connectivity index (χ0) is 10.9. The van der Waals surface area contributed by atoms with Crippen LogP contribution in [0, 0.1) is 3.57 Å². The molecule has 0 saturated carbocycles. The molecule has 0 aromatic carbocycles. The topological polar surface area (TPSA) is 44.1 Å². The van der Waals surface area contributed by atoms with Crippen LogP contribution in [0.1, 0.15) is 31.3 Å². The molecule has 0 aliphatic rings. The molecule has 5 heteroatoms. The highest BCUT2D eigenvalue weighted by molar-refractivity contribution is 14.1. The minimum absolute atomic E-state index is 0.332. The molecule has 0 unspecified atom stereocenters. The SMILES string of the molecule is Cn1ncc(I)c1C(=O)OC(C)(C)C. The predicted molar refractivity (Wildman–Crippen MR) is 61.1 cm³/mol. The van der Waals surface area contributed by atoms with Gasteiger partial charge in [0, 0.05) is 7.05 Å². The molecule has 0 saturated heterocycles. The molecule has 1 aromatic rings. The molecule has 14 heavy (non-hydrogen) atoms. The Labute approximate surface area is 96.8 Å². The number of halogens is 1. The first-order chi connectivity index (χ1) is 6.31. The van der Waals surface area contributed by atoms with E-state index in [1.54, 1.807) is 13.2 Å². The summed E-state index contributed by atoms with van der Waals surface area (Å²) in [5.74, 6) is -0.332. The molecule has 78 valence electrons. The van der Waals surface area contributed by atoms with E-state index >= 15 is 0 Å². The molecule has 0 aliphatic heterocycles. The minimum atomic E-state index is -0.468. The van der Waals surface area contributed by atoms with Crippen molar-refractivity contribution in [3.8, 4) is 0 Å². The summed E-state index contributed by atoms with van der Waals surface area (Å²) in [6.45, 7) is 5.52. The fraction of sp³-hybridized carbons (Fsp3) is 0.556. The Morgan fingerprint density at radius 3 is 2.50 bits per heavy atom. The van der Waals surface area contributed by atoms with Gasteiger partial charge in [-0.2, -0.15) is 5.10 Å². The van der Waals surface area contributed by atoms with E-state index < -0.39 is 5.60 Å². The highest BCUT2D eigenvalue weighted by Crippen LogP contribution is 2.16. The third-order valence-electron chi connectivity index (χ3n) is 1.49. The summed E-state index contributed by atoms with van der Waals surface area (Å²) in [6.07, 6.45) is 1.64. The van der Waals surface area contributed by atoms with Crippen molar-refractivity contribution < 1.29 is 9.53 Å². The summed E-state index contributed by atoms with van der Waals surface area (Å²) in [6, 6.07) is 0. The normalized spacial score (nSPS) is 11.5. The molecule has 1 rings (SSSR count). The number of carbonyl (C=O) groups excluding carboxylic acids is 1. The summed E-state index contributed by atoms with van der Waals surface area (Å²) < 4.78 is 7.57. The van der Waals surface area contributed by atoms with Gasteiger partial charge in [-0.15, -0.1) is 0 Å². The van der Waals surface area contributed by atoms with Gasteiger partial charge in [0.2, 0.25) is 0 Å². The molecular formula is C9H13IN2O2. The van der Waals surface area contributed by atoms with Crippen LogP contribution < -0.4 is 0 Å². The van der Waals surface area contributed by atoms with Gasteiger partial charge < -0.3 is 4.74 Å². The number of esters is 1. The van der Waals surface area contributed by atoms with Crippen LogP contribution in [-0.4, -0.2) is 21.4 Å². The number of ether oxygens (including phenoxy) is 1. The van der Waals surface area contributed by atoms with Gasteiger partial charge in [-0.25, -0.2) is 4.79 Å². The summed E-state index contributed by atoms with van der Waals surface area (Å²) in [5.41, 5.74) is 0.0327. The van der Waals surface area contributed by atoms with Crippen molar-refractivity contribution in [1.29, 1.82) is 0 Å². The average Bonchev–Trinajstić information content (AvgIpc) is 2.27. The second-order valence-corrected chi connectivity index (χ2v) is 5.13. The van der Waals surface area contributed by atoms with E-state index in [0.29, 0.717) is 5.69 Å². The maximum atomic E-state index is 11.7. The lowest BCUT2D eigenvalue weighted by Crippen LogP contribution is -2.25. The van der Waals surface area contributed by atoms with Gasteiger partial charge in [0.15, 0.2) is 5.69 Å². The van der Waals surface area contributed by atoms with Gasteiger partial charge in [-0.3, -0.25) is 4.68 Å². The third-order valence-corrected chi connectivity index (χ3v) is 2.28. The lowest BCUT2D eigenvalue weighted by molar-refractivity contribution is 0.00563. The Kier molecular flexibility index (Phi) is 3.18. The van der Waals surface area contributed by atoms with Crippen molar-refractivity contribution in [3.05, 3.63) is 15.5 Å². The smallest absolute Gasteiger partial charge is 0.358 e. The highest BCUT2D eigenvalue weighted by Gasteiger charge is 2.22. The van der Waals surface area contributed by atoms with Gasteiger partial charge in [-0.1, -0.05) is 0 Å². The largest absolute Gasteiger partial charge is 0.455 e. The molecule has 0 atom stereocenters. The number of aromatic nitrogens is 2. The van der Waals surface area contributed by atoms with Gasteiger partial charge >= 0.3 is 5.97 Å². The first kappa shape index (κ1) is 11.5. The van der Waals surface area contributed by atoms with Crippen LogP contribution in [0.25, 0.3) is 0 Å². The van der Waals surface area contributed by atoms with Gasteiger partial charge in [0.05, 0.1) is 9.77 Å². The molecular weight excluding hydrogens is 295 g/mol. The molecule has 1 aromatic heterocycles. The molecule has 0 bridgehead atoms. The maximum absolute atomic E-state index is 11.7. The molecule has 1 heterocycles. The number of nitrogens with zero attached hydrogens (tertiary/aromatic N) is 2. The summed E-state index contributed by atoms with van der Waals surface area (Å²) in [5, 5.41) is 3.98. The van der Waals surface area contributed by atoms with E-state index in [-0.39, 0.29) is 5.97 Å². The van der Waals surface area contributed by atoms with Crippen molar-refractivity contribution in [2.24, 2.45) is 7.05 Å². The predicted octanol–water partition coefficient (Wildman–Crippen LogP) is 1.98. The number of rotatable bonds is 1. The summed E-state index contributed by atoms with van der Waals surface area (Å²) in [4.78, 5) is 11.7. The van der Waals surface area contributed by atoms with Crippen LogP contribution in [0.3, 0.4) is 0 Å². The fourth-order valence-corrected chi connectivity index (χ4v) is 1.66. The van der Waals surface area contributed by atoms with E-state index in [1.165, 1.54) is 4.68 Å². The van der Waals surface area contributed by atoms with Crippen molar-refractivity contribution in [1.82, 2.24) is 9.78 Å². The van der Waals surface area contributed by atoms with E-state index in [1.807, 2.05) is 20.8 Å². The lowest BCUT2D eigenvalue weighted by atomic mass is 10.2. The summed E-state index contributed by atoms with van der Waals surface area (Å²) >= 11 is 2.06. The first-order valence-electron chi connectivity index (χ1n) is 4.22. The van der Waals surface area contributed by atoms with Crippen LogP contribution in [0.2, 0.25) is 0 Å². The molecule has 4 nitrogen and oxygen atoms in total. The Hall–Kier alpha value is -0.590. The van der Waals surface area contributed by atoms with E-state index in [2.05, 4.69) is 27.7 Å². The van der Waals surface area contributed by atoms with Crippen LogP contribution in [-0.2, 0) is 11.8 Å². The standard InChI is InChI=1S/C9H13IN2O2/c1-9(2,3)14-8(13)7-6(10)5-11-12(7)4/h5H,1-4H3. The maximum Gasteiger partial charge on any atom is 0.358 e. The lowest BCUT2D eigenvalue weighted by Gasteiger charge is -2.19. The number of aryl methyl sites for hydroxylation is 1. The number of carbonyl (C=O) groups is 1. The van der Waals surface area contributed by atoms with Gasteiger partial charge in [0.1, 0.15) is 5.60 Å². The summed E-state index contributed by atoms with van der Waals surface area (Å²) in [7, 11) is 1.72. The molecule has 0 radical (unpaired) electrons. The number of hydrogen-bond donors (Lipinski definition) is 0. The molecule has 0 amide bonds. The highest BCUT2D eigenvalue weighted by atomic mass is 127. The number of hydrogen-bond acceptors (Lipinski definition) is 3. The monoisotopic (exact) mass is 308 g/mol. The quantitative estimate of drug-likeness (QED) is 0.588. The van der Waals surface area contributed by atoms with Crippen LogP contribution in [0.15, 0.2) is 6.20 Å². The zero-order valence-electron chi connectivity index (χ0n) is 8.67. The van der Waals surface area contributed by atoms with E-state index in [4.69, 9.17) is 4.74 Å². The van der Waals surface area contributed by atoms with Crippen molar-refractivity contribution >= 4 is 28.6 Å². The second-order valence-electron chi connectivity index (χ2n) is 3.97. The molecule has 0 fully saturated rings. The first-order valence-corrected chi connectivity index (χ1v) is 5.30. The Morgan fingerprint density at radius 2 is 2.14 bits per heavy atom. The van der Waals surface area contributed by atoms with Gasteiger partial charge in [0.25, 0.3) is 0 Å². The van der Waals surface area contributed by atoms with Crippen LogP contribution in [0.4, 0.5) is 0 Å². The molecule has 0 spiro atoms. The van der Waals surface area contributed by atoms with Crippen LogP contribution in [0.5, 0.6) is 0 Å². The van der Waals surface area contributed by atoms with Crippen molar-refractivity contribution in [2.75, 3.05) is 0 Å². The van der Waals surface area contributed by atoms with E-state index in [9.17, 15) is 4.79 Å². The van der Waals surface area contributed by atoms with E-state index in [0.717, 1.165) is 3.57 Å². The molecule has 0 N–H and O–H groups in total. The zero-order valence-corrected chi connectivity index (χ0v) is 10.8. The van der Waals surface area contributed by atoms with Gasteiger partial charge in [-0.05, 0) is 43.4 Å². The van der Waals surface area contributed by atoms with Crippen LogP contribution >= 0.6 is 22.6 Å². The molecule has 0 aliphatic carbocycles. The fourth-order valence-electron chi connectivity index (χ4n) is 0.967.